The molecule has 1 atom stereocenters. The van der Waals surface area contributed by atoms with Gasteiger partial charge in [0.2, 0.25) is 0 Å². The Hall–Kier alpha value is -1.18. The highest BCUT2D eigenvalue weighted by atomic mass is 14.9. The Labute approximate surface area is 79.1 Å². The van der Waals surface area contributed by atoms with Crippen LogP contribution < -0.4 is 11.1 Å². The van der Waals surface area contributed by atoms with Crippen LogP contribution in [0.5, 0.6) is 0 Å². The van der Waals surface area contributed by atoms with E-state index in [9.17, 15) is 0 Å². The number of hydrogen-bond donors (Lipinski definition) is 2. The van der Waals surface area contributed by atoms with Gasteiger partial charge in [-0.1, -0.05) is 13.3 Å². The van der Waals surface area contributed by atoms with Crippen molar-refractivity contribution in [1.82, 2.24) is 0 Å². The molecule has 1 aromatic rings. The lowest BCUT2D eigenvalue weighted by atomic mass is 9.96. The van der Waals surface area contributed by atoms with Crippen LogP contribution in [0.15, 0.2) is 18.2 Å². The molecule has 0 aromatic heterocycles. The Morgan fingerprint density at radius 2 is 2.38 bits per heavy atom. The van der Waals surface area contributed by atoms with Crippen LogP contribution in [-0.4, -0.2) is 6.54 Å². The fourth-order valence-corrected chi connectivity index (χ4v) is 2.03. The second-order valence-corrected chi connectivity index (χ2v) is 3.71. The molecule has 0 amide bonds. The summed E-state index contributed by atoms with van der Waals surface area (Å²) in [5.41, 5.74) is 9.32. The van der Waals surface area contributed by atoms with Gasteiger partial charge in [0.15, 0.2) is 0 Å². The van der Waals surface area contributed by atoms with E-state index >= 15 is 0 Å². The SMILES string of the molecule is CCC[C@H]1CNc2ccc(N)cc21. The smallest absolute Gasteiger partial charge is 0.0377 e. The van der Waals surface area contributed by atoms with Crippen molar-refractivity contribution < 1.29 is 0 Å². The second kappa shape index (κ2) is 3.29. The van der Waals surface area contributed by atoms with Crippen molar-refractivity contribution in [3.63, 3.8) is 0 Å². The van der Waals surface area contributed by atoms with Crippen molar-refractivity contribution >= 4 is 11.4 Å². The lowest BCUT2D eigenvalue weighted by molar-refractivity contribution is 0.661. The van der Waals surface area contributed by atoms with E-state index in [0.717, 1.165) is 12.2 Å². The fourth-order valence-electron chi connectivity index (χ4n) is 2.03. The van der Waals surface area contributed by atoms with Gasteiger partial charge in [0.25, 0.3) is 0 Å². The number of nitrogens with two attached hydrogens (primary N) is 1. The minimum Gasteiger partial charge on any atom is -0.399 e. The Morgan fingerprint density at radius 3 is 3.15 bits per heavy atom. The van der Waals surface area contributed by atoms with Gasteiger partial charge < -0.3 is 11.1 Å². The third kappa shape index (κ3) is 1.48. The van der Waals surface area contributed by atoms with Crippen molar-refractivity contribution in [2.24, 2.45) is 0 Å². The van der Waals surface area contributed by atoms with Gasteiger partial charge in [-0.3, -0.25) is 0 Å². The van der Waals surface area contributed by atoms with Gasteiger partial charge in [0.05, 0.1) is 0 Å². The van der Waals surface area contributed by atoms with Crippen LogP contribution in [0.1, 0.15) is 31.2 Å². The predicted molar refractivity (Wildman–Crippen MR) is 57.0 cm³/mol. The van der Waals surface area contributed by atoms with Gasteiger partial charge in [0, 0.05) is 23.8 Å². The van der Waals surface area contributed by atoms with Gasteiger partial charge in [-0.2, -0.15) is 0 Å². The largest absolute Gasteiger partial charge is 0.399 e. The zero-order valence-corrected chi connectivity index (χ0v) is 8.01. The summed E-state index contributed by atoms with van der Waals surface area (Å²) in [6.07, 6.45) is 2.49. The molecule has 1 aromatic carbocycles. The molecule has 1 aliphatic heterocycles. The molecule has 1 aliphatic rings. The standard InChI is InChI=1S/C11H16N2/c1-2-3-8-7-13-11-5-4-9(12)6-10(8)11/h4-6,8,13H,2-3,7,12H2,1H3/t8-/m0/s1. The van der Waals surface area contributed by atoms with Gasteiger partial charge in [0.1, 0.15) is 0 Å². The van der Waals surface area contributed by atoms with Crippen LogP contribution in [0.25, 0.3) is 0 Å². The first-order valence-electron chi connectivity index (χ1n) is 4.94. The van der Waals surface area contributed by atoms with Crippen LogP contribution >= 0.6 is 0 Å². The van der Waals surface area contributed by atoms with E-state index in [1.165, 1.54) is 24.1 Å². The summed E-state index contributed by atoms with van der Waals surface area (Å²) in [4.78, 5) is 0. The molecule has 0 bridgehead atoms. The highest BCUT2D eigenvalue weighted by Crippen LogP contribution is 2.35. The van der Waals surface area contributed by atoms with E-state index in [-0.39, 0.29) is 0 Å². The molecular weight excluding hydrogens is 160 g/mol. The topological polar surface area (TPSA) is 38.0 Å². The number of fused-ring (bicyclic) bond motifs is 1. The van der Waals surface area contributed by atoms with Crippen LogP contribution in [0.4, 0.5) is 11.4 Å². The summed E-state index contributed by atoms with van der Waals surface area (Å²) < 4.78 is 0. The lowest BCUT2D eigenvalue weighted by Gasteiger charge is -2.08. The predicted octanol–water partition coefficient (Wildman–Crippen LogP) is 2.58. The van der Waals surface area contributed by atoms with E-state index in [4.69, 9.17) is 5.73 Å². The Balaban J connectivity index is 2.29. The summed E-state index contributed by atoms with van der Waals surface area (Å²) >= 11 is 0. The molecule has 13 heavy (non-hydrogen) atoms. The van der Waals surface area contributed by atoms with Gasteiger partial charge in [-0.15, -0.1) is 0 Å². The van der Waals surface area contributed by atoms with Crippen LogP contribution in [-0.2, 0) is 0 Å². The maximum absolute atomic E-state index is 5.76. The van der Waals surface area contributed by atoms with E-state index in [1.807, 2.05) is 6.07 Å². The minimum atomic E-state index is 0.670. The zero-order valence-electron chi connectivity index (χ0n) is 8.01. The van der Waals surface area contributed by atoms with Crippen molar-refractivity contribution in [2.75, 3.05) is 17.6 Å². The molecule has 0 fully saturated rings. The summed E-state index contributed by atoms with van der Waals surface area (Å²) in [7, 11) is 0. The first-order chi connectivity index (χ1) is 6.31. The third-order valence-corrected chi connectivity index (χ3v) is 2.69. The van der Waals surface area contributed by atoms with Crippen molar-refractivity contribution in [1.29, 1.82) is 0 Å². The molecule has 70 valence electrons. The van der Waals surface area contributed by atoms with Gasteiger partial charge in [-0.05, 0) is 30.2 Å². The van der Waals surface area contributed by atoms with E-state index in [2.05, 4.69) is 24.4 Å². The third-order valence-electron chi connectivity index (χ3n) is 2.69. The maximum atomic E-state index is 5.76. The molecule has 0 unspecified atom stereocenters. The van der Waals surface area contributed by atoms with E-state index in [0.29, 0.717) is 5.92 Å². The molecular formula is C11H16N2. The summed E-state index contributed by atoms with van der Waals surface area (Å²) in [5, 5.41) is 3.41. The van der Waals surface area contributed by atoms with E-state index < -0.39 is 0 Å². The van der Waals surface area contributed by atoms with Crippen LogP contribution in [0, 0.1) is 0 Å². The Bertz CT molecular complexity index is 305. The normalized spacial score (nSPS) is 19.6. The molecule has 0 saturated carbocycles. The average Bonchev–Trinajstić information content (AvgIpc) is 2.49. The summed E-state index contributed by atoms with van der Waals surface area (Å²) in [6, 6.07) is 6.15. The molecule has 2 nitrogen and oxygen atoms in total. The fraction of sp³-hybridized carbons (Fsp3) is 0.455. The summed E-state index contributed by atoms with van der Waals surface area (Å²) in [6.45, 7) is 3.30. The number of anilines is 2. The second-order valence-electron chi connectivity index (χ2n) is 3.71. The molecule has 2 heteroatoms. The highest BCUT2D eigenvalue weighted by molar-refractivity contribution is 5.62. The zero-order chi connectivity index (χ0) is 9.26. The Morgan fingerprint density at radius 1 is 1.54 bits per heavy atom. The quantitative estimate of drug-likeness (QED) is 0.680. The van der Waals surface area contributed by atoms with Crippen molar-refractivity contribution in [3.05, 3.63) is 23.8 Å². The molecule has 1 heterocycles. The maximum Gasteiger partial charge on any atom is 0.0377 e. The number of rotatable bonds is 2. The monoisotopic (exact) mass is 176 g/mol. The number of nitrogen functional groups attached to an aromatic ring is 1. The summed E-state index contributed by atoms with van der Waals surface area (Å²) in [5.74, 6) is 0.670. The van der Waals surface area contributed by atoms with Crippen LogP contribution in [0.2, 0.25) is 0 Å². The van der Waals surface area contributed by atoms with Crippen LogP contribution in [0.3, 0.4) is 0 Å². The first kappa shape index (κ1) is 8.42. The Kier molecular flexibility index (Phi) is 2.13. The number of nitrogens with one attached hydrogen (secondary N) is 1. The van der Waals surface area contributed by atoms with Crippen molar-refractivity contribution in [3.8, 4) is 0 Å². The number of hydrogen-bond acceptors (Lipinski definition) is 2. The van der Waals surface area contributed by atoms with Gasteiger partial charge in [-0.25, -0.2) is 0 Å². The number of benzene rings is 1. The average molecular weight is 176 g/mol. The molecule has 0 aliphatic carbocycles. The first-order valence-corrected chi connectivity index (χ1v) is 4.94. The molecule has 0 radical (unpaired) electrons. The lowest BCUT2D eigenvalue weighted by Crippen LogP contribution is -2.00. The van der Waals surface area contributed by atoms with Gasteiger partial charge >= 0.3 is 0 Å². The minimum absolute atomic E-state index is 0.670. The molecule has 2 rings (SSSR count). The van der Waals surface area contributed by atoms with Crippen molar-refractivity contribution in [2.45, 2.75) is 25.7 Å². The highest BCUT2D eigenvalue weighted by Gasteiger charge is 2.20. The van der Waals surface area contributed by atoms with E-state index in [1.54, 1.807) is 0 Å². The molecule has 0 spiro atoms. The molecule has 3 N–H and O–H groups in total. The molecule has 0 saturated heterocycles.